The Kier molecular flexibility index (Phi) is 6.96. The number of pyridine rings is 2. The Hall–Kier alpha value is -5.01. The average molecular weight is 585 g/mol. The van der Waals surface area contributed by atoms with E-state index in [1.807, 2.05) is 30.3 Å². The topological polar surface area (TPSA) is 158 Å². The van der Waals surface area contributed by atoms with Crippen LogP contribution in [0.5, 0.6) is 0 Å². The Bertz CT molecular complexity index is 2090. The number of nitrogens with one attached hydrogen (secondary N) is 4. The molecule has 0 radical (unpaired) electrons. The van der Waals surface area contributed by atoms with Gasteiger partial charge in [-0.2, -0.15) is 5.10 Å². The highest BCUT2D eigenvalue weighted by atomic mass is 32.2. The molecule has 42 heavy (non-hydrogen) atoms. The third kappa shape index (κ3) is 5.60. The fourth-order valence-electron chi connectivity index (χ4n) is 4.66. The van der Waals surface area contributed by atoms with Crippen molar-refractivity contribution >= 4 is 43.7 Å². The monoisotopic (exact) mass is 584 g/mol. The number of anilines is 1. The summed E-state index contributed by atoms with van der Waals surface area (Å²) in [4.78, 5) is 28.7. The van der Waals surface area contributed by atoms with Crippen molar-refractivity contribution in [3.05, 3.63) is 78.5 Å². The summed E-state index contributed by atoms with van der Waals surface area (Å²) in [6.07, 6.45) is 6.38. The van der Waals surface area contributed by atoms with Crippen molar-refractivity contribution in [1.29, 1.82) is 0 Å². The van der Waals surface area contributed by atoms with E-state index in [1.54, 1.807) is 31.6 Å². The molecule has 0 bridgehead atoms. The second-order valence-corrected chi connectivity index (χ2v) is 11.6. The maximum absolute atomic E-state index is 14.6. The Morgan fingerprint density at radius 1 is 1.02 bits per heavy atom. The fourth-order valence-corrected chi connectivity index (χ4v) is 5.09. The van der Waals surface area contributed by atoms with E-state index in [0.717, 1.165) is 22.8 Å². The summed E-state index contributed by atoms with van der Waals surface area (Å²) in [6.45, 7) is 1.74. The molecule has 4 aromatic heterocycles. The first-order chi connectivity index (χ1) is 20.2. The van der Waals surface area contributed by atoms with Crippen molar-refractivity contribution < 1.29 is 17.6 Å². The van der Waals surface area contributed by atoms with Crippen molar-refractivity contribution in [2.45, 2.75) is 19.9 Å². The lowest BCUT2D eigenvalue weighted by Gasteiger charge is -2.08. The molecule has 0 atom stereocenters. The summed E-state index contributed by atoms with van der Waals surface area (Å²) >= 11 is 0. The van der Waals surface area contributed by atoms with Crippen LogP contribution in [-0.4, -0.2) is 50.7 Å². The molecule has 0 fully saturated rings. The molecule has 2 aromatic carbocycles. The van der Waals surface area contributed by atoms with Crippen molar-refractivity contribution in [3.63, 3.8) is 0 Å². The summed E-state index contributed by atoms with van der Waals surface area (Å²) < 4.78 is 40.1. The number of halogens is 1. The number of carbonyl (C=O) groups excluding carboxylic acids is 1. The third-order valence-electron chi connectivity index (χ3n) is 6.64. The molecule has 6 rings (SSSR count). The third-order valence-corrected chi connectivity index (χ3v) is 7.31. The van der Waals surface area contributed by atoms with Gasteiger partial charge >= 0.3 is 0 Å². The number of amides is 1. The Labute approximate surface area is 239 Å². The lowest BCUT2D eigenvalue weighted by atomic mass is 10.0. The van der Waals surface area contributed by atoms with Gasteiger partial charge in [0, 0.05) is 42.0 Å². The molecule has 4 N–H and O–H groups in total. The van der Waals surface area contributed by atoms with E-state index >= 15 is 0 Å². The second-order valence-electron chi connectivity index (χ2n) is 9.78. The highest BCUT2D eigenvalue weighted by Gasteiger charge is 2.17. The number of rotatable bonds is 8. The number of aromatic amines is 2. The van der Waals surface area contributed by atoms with Crippen LogP contribution in [0.25, 0.3) is 55.8 Å². The van der Waals surface area contributed by atoms with E-state index in [9.17, 15) is 17.6 Å². The van der Waals surface area contributed by atoms with Gasteiger partial charge in [0.15, 0.2) is 11.5 Å². The number of hydrogen-bond donors (Lipinski definition) is 4. The SMILES string of the molecule is CCC(=O)Nc1cncc(-c2cnc3[nH]nc(-c4nc5c(-c6cc(F)cc(CNS(C)(=O)=O)c6)cccc5[nH]4)c3c2)c1. The molecule has 13 heteroatoms. The minimum Gasteiger partial charge on any atom is -0.337 e. The summed E-state index contributed by atoms with van der Waals surface area (Å²) in [6, 6.07) is 13.7. The van der Waals surface area contributed by atoms with Gasteiger partial charge in [-0.3, -0.25) is 14.9 Å². The molecular weight excluding hydrogens is 559 g/mol. The minimum atomic E-state index is -3.44. The van der Waals surface area contributed by atoms with E-state index < -0.39 is 15.8 Å². The van der Waals surface area contributed by atoms with Crippen LogP contribution in [0.3, 0.4) is 0 Å². The van der Waals surface area contributed by atoms with Crippen LogP contribution in [0.2, 0.25) is 0 Å². The standard InChI is InChI=1S/C29H25FN8O3S/c1-3-25(39)34-21-10-18(13-31-15-21)19-11-23-27(37-38-28(23)32-14-19)29-35-24-6-4-5-22(26(24)36-29)17-7-16(8-20(30)9-17)12-33-42(2,40)41/h4-11,13-15,33H,3,12H2,1-2H3,(H,34,39)(H,35,36)(H,32,37,38). The number of hydrogen-bond acceptors (Lipinski definition) is 7. The number of imidazole rings is 1. The smallest absolute Gasteiger partial charge is 0.224 e. The van der Waals surface area contributed by atoms with Crippen molar-refractivity contribution in [3.8, 4) is 33.8 Å². The van der Waals surface area contributed by atoms with Gasteiger partial charge < -0.3 is 10.3 Å². The van der Waals surface area contributed by atoms with E-state index in [-0.39, 0.29) is 12.5 Å². The zero-order valence-electron chi connectivity index (χ0n) is 22.6. The molecule has 212 valence electrons. The predicted octanol–water partition coefficient (Wildman–Crippen LogP) is 4.77. The van der Waals surface area contributed by atoms with Gasteiger partial charge in [0.25, 0.3) is 0 Å². The summed E-state index contributed by atoms with van der Waals surface area (Å²) in [5.74, 6) is -0.112. The van der Waals surface area contributed by atoms with Crippen LogP contribution in [0.15, 0.2) is 67.1 Å². The van der Waals surface area contributed by atoms with E-state index in [2.05, 4.69) is 35.2 Å². The largest absolute Gasteiger partial charge is 0.337 e. The number of sulfonamides is 1. The number of carbonyl (C=O) groups is 1. The molecule has 0 spiro atoms. The van der Waals surface area contributed by atoms with Gasteiger partial charge in [0.2, 0.25) is 15.9 Å². The number of para-hydroxylation sites is 1. The Morgan fingerprint density at radius 3 is 2.67 bits per heavy atom. The van der Waals surface area contributed by atoms with Crippen LogP contribution in [0.1, 0.15) is 18.9 Å². The van der Waals surface area contributed by atoms with E-state index in [4.69, 9.17) is 4.98 Å². The van der Waals surface area contributed by atoms with Gasteiger partial charge in [0.05, 0.1) is 34.6 Å². The van der Waals surface area contributed by atoms with Crippen LogP contribution in [0, 0.1) is 5.82 Å². The highest BCUT2D eigenvalue weighted by molar-refractivity contribution is 7.88. The first kappa shape index (κ1) is 27.2. The molecule has 11 nitrogen and oxygen atoms in total. The molecule has 0 unspecified atom stereocenters. The average Bonchev–Trinajstić information content (AvgIpc) is 3.59. The molecule has 0 saturated heterocycles. The molecular formula is C29H25FN8O3S. The summed E-state index contributed by atoms with van der Waals surface area (Å²) in [5, 5.41) is 10.9. The molecule has 0 aliphatic carbocycles. The predicted molar refractivity (Wildman–Crippen MR) is 158 cm³/mol. The number of nitrogens with zero attached hydrogens (tertiary/aromatic N) is 4. The minimum absolute atomic E-state index is 0.0383. The Balaban J connectivity index is 1.39. The van der Waals surface area contributed by atoms with Crippen molar-refractivity contribution in [2.75, 3.05) is 11.6 Å². The van der Waals surface area contributed by atoms with Crippen LogP contribution >= 0.6 is 0 Å². The number of aromatic nitrogens is 6. The van der Waals surface area contributed by atoms with Crippen LogP contribution in [0.4, 0.5) is 10.1 Å². The molecule has 0 saturated carbocycles. The van der Waals surface area contributed by atoms with Gasteiger partial charge in [-0.1, -0.05) is 19.1 Å². The first-order valence-electron chi connectivity index (χ1n) is 13.0. The molecule has 1 amide bonds. The van der Waals surface area contributed by atoms with Crippen molar-refractivity contribution in [1.82, 2.24) is 34.9 Å². The summed E-state index contributed by atoms with van der Waals surface area (Å²) in [5.41, 5.74) is 6.26. The molecule has 0 aliphatic rings. The van der Waals surface area contributed by atoms with Gasteiger partial charge in [-0.05, 0) is 47.5 Å². The highest BCUT2D eigenvalue weighted by Crippen LogP contribution is 2.33. The number of benzene rings is 2. The Morgan fingerprint density at radius 2 is 1.86 bits per heavy atom. The molecule has 0 aliphatic heterocycles. The van der Waals surface area contributed by atoms with Crippen molar-refractivity contribution in [2.24, 2.45) is 0 Å². The van der Waals surface area contributed by atoms with Crippen LogP contribution < -0.4 is 10.0 Å². The normalized spacial score (nSPS) is 11.8. The fraction of sp³-hybridized carbons (Fsp3) is 0.138. The van der Waals surface area contributed by atoms with Gasteiger partial charge in [-0.15, -0.1) is 0 Å². The number of fused-ring (bicyclic) bond motifs is 2. The second kappa shape index (κ2) is 10.8. The lowest BCUT2D eigenvalue weighted by Crippen LogP contribution is -2.21. The molecule has 6 aromatic rings. The van der Waals surface area contributed by atoms with Gasteiger partial charge in [-0.25, -0.2) is 27.5 Å². The summed E-state index contributed by atoms with van der Waals surface area (Å²) in [7, 11) is -3.44. The molecule has 4 heterocycles. The van der Waals surface area contributed by atoms with Gasteiger partial charge in [0.1, 0.15) is 11.5 Å². The van der Waals surface area contributed by atoms with Crippen LogP contribution in [-0.2, 0) is 21.4 Å². The quantitative estimate of drug-likeness (QED) is 0.201. The van der Waals surface area contributed by atoms with E-state index in [1.165, 1.54) is 12.1 Å². The zero-order valence-corrected chi connectivity index (χ0v) is 23.4. The maximum Gasteiger partial charge on any atom is 0.224 e. The maximum atomic E-state index is 14.6. The number of H-pyrrole nitrogens is 2. The van der Waals surface area contributed by atoms with E-state index in [0.29, 0.717) is 57.0 Å². The lowest BCUT2D eigenvalue weighted by molar-refractivity contribution is -0.115. The first-order valence-corrected chi connectivity index (χ1v) is 14.9. The zero-order chi connectivity index (χ0) is 29.4.